The third kappa shape index (κ3) is 4.51. The zero-order chi connectivity index (χ0) is 13.5. The molecule has 1 aliphatic rings. The Bertz CT molecular complexity index is 373. The van der Waals surface area contributed by atoms with Crippen LogP contribution in [0, 0.1) is 0 Å². The molecule has 0 amide bonds. The van der Waals surface area contributed by atoms with E-state index in [1.165, 1.54) is 24.1 Å². The van der Waals surface area contributed by atoms with E-state index in [1.807, 2.05) is 0 Å². The Kier molecular flexibility index (Phi) is 5.67. The molecule has 1 saturated heterocycles. The highest BCUT2D eigenvalue weighted by molar-refractivity contribution is 5.52. The van der Waals surface area contributed by atoms with Crippen molar-refractivity contribution in [1.82, 2.24) is 5.32 Å². The summed E-state index contributed by atoms with van der Waals surface area (Å²) in [5.74, 6) is 0.559. The zero-order valence-corrected chi connectivity index (χ0v) is 12.1. The molecule has 1 aliphatic heterocycles. The molecule has 106 valence electrons. The first-order valence-corrected chi connectivity index (χ1v) is 7.42. The summed E-state index contributed by atoms with van der Waals surface area (Å²) in [6.45, 7) is 8.31. The Balaban J connectivity index is 1.67. The highest BCUT2D eigenvalue weighted by atomic mass is 16.5. The average Bonchev–Trinajstić information content (AvgIpc) is 2.92. The van der Waals surface area contributed by atoms with Crippen LogP contribution >= 0.6 is 0 Å². The molecule has 3 heteroatoms. The highest BCUT2D eigenvalue weighted by Gasteiger charge is 2.14. The standard InChI is InChI=1S/C16H26N2O/c1-13(2)15-7-3-4-8-16(15)18-10-9-17-12-14-6-5-11-19-14/h3-4,7-8,13-14,17-18H,5-6,9-12H2,1-2H3. The number of nitrogens with one attached hydrogen (secondary N) is 2. The maximum Gasteiger partial charge on any atom is 0.0700 e. The third-order valence-electron chi connectivity index (χ3n) is 3.60. The van der Waals surface area contributed by atoms with Crippen LogP contribution in [0.25, 0.3) is 0 Å². The van der Waals surface area contributed by atoms with Crippen LogP contribution in [0.15, 0.2) is 24.3 Å². The van der Waals surface area contributed by atoms with Gasteiger partial charge in [0.1, 0.15) is 0 Å². The number of anilines is 1. The predicted molar refractivity (Wildman–Crippen MR) is 80.9 cm³/mol. The Labute approximate surface area is 116 Å². The Hall–Kier alpha value is -1.06. The van der Waals surface area contributed by atoms with Gasteiger partial charge in [0, 0.05) is 31.9 Å². The molecule has 0 bridgehead atoms. The normalized spacial score (nSPS) is 19.0. The number of rotatable bonds is 7. The minimum atomic E-state index is 0.433. The van der Waals surface area contributed by atoms with E-state index in [-0.39, 0.29) is 0 Å². The van der Waals surface area contributed by atoms with Crippen molar-refractivity contribution in [1.29, 1.82) is 0 Å². The number of ether oxygens (including phenoxy) is 1. The Morgan fingerprint density at radius 2 is 2.11 bits per heavy atom. The lowest BCUT2D eigenvalue weighted by Gasteiger charge is -2.15. The van der Waals surface area contributed by atoms with Crippen LogP contribution in [0.1, 0.15) is 38.2 Å². The maximum atomic E-state index is 5.59. The summed E-state index contributed by atoms with van der Waals surface area (Å²) in [7, 11) is 0. The number of hydrogen-bond donors (Lipinski definition) is 2. The van der Waals surface area contributed by atoms with Gasteiger partial charge in [0.15, 0.2) is 0 Å². The zero-order valence-electron chi connectivity index (χ0n) is 12.1. The van der Waals surface area contributed by atoms with E-state index >= 15 is 0 Å². The smallest absolute Gasteiger partial charge is 0.0700 e. The van der Waals surface area contributed by atoms with E-state index in [0.29, 0.717) is 12.0 Å². The van der Waals surface area contributed by atoms with Gasteiger partial charge in [-0.25, -0.2) is 0 Å². The van der Waals surface area contributed by atoms with Crippen molar-refractivity contribution < 1.29 is 4.74 Å². The summed E-state index contributed by atoms with van der Waals surface area (Å²) in [5.41, 5.74) is 2.65. The second-order valence-corrected chi connectivity index (χ2v) is 5.51. The molecule has 0 aliphatic carbocycles. The first-order valence-electron chi connectivity index (χ1n) is 7.42. The topological polar surface area (TPSA) is 33.3 Å². The van der Waals surface area contributed by atoms with Crippen molar-refractivity contribution in [2.75, 3.05) is 31.6 Å². The molecule has 0 radical (unpaired) electrons. The van der Waals surface area contributed by atoms with E-state index in [9.17, 15) is 0 Å². The van der Waals surface area contributed by atoms with E-state index in [1.54, 1.807) is 0 Å². The van der Waals surface area contributed by atoms with Crippen molar-refractivity contribution in [2.24, 2.45) is 0 Å². The van der Waals surface area contributed by atoms with Crippen LogP contribution in [0.3, 0.4) is 0 Å². The molecular formula is C16H26N2O. The largest absolute Gasteiger partial charge is 0.384 e. The molecular weight excluding hydrogens is 236 g/mol. The van der Waals surface area contributed by atoms with E-state index < -0.39 is 0 Å². The SMILES string of the molecule is CC(C)c1ccccc1NCCNCC1CCCO1. The van der Waals surface area contributed by atoms with Gasteiger partial charge in [0.05, 0.1) is 6.10 Å². The lowest BCUT2D eigenvalue weighted by Crippen LogP contribution is -2.30. The summed E-state index contributed by atoms with van der Waals surface area (Å²) < 4.78 is 5.59. The van der Waals surface area contributed by atoms with Crippen LogP contribution in [0.5, 0.6) is 0 Å². The van der Waals surface area contributed by atoms with Gasteiger partial charge in [-0.15, -0.1) is 0 Å². The summed E-state index contributed by atoms with van der Waals surface area (Å²) >= 11 is 0. The summed E-state index contributed by atoms with van der Waals surface area (Å²) in [4.78, 5) is 0. The molecule has 3 nitrogen and oxygen atoms in total. The first-order chi connectivity index (χ1) is 9.27. The molecule has 1 heterocycles. The molecule has 2 rings (SSSR count). The molecule has 0 spiro atoms. The molecule has 19 heavy (non-hydrogen) atoms. The fourth-order valence-corrected chi connectivity index (χ4v) is 2.52. The van der Waals surface area contributed by atoms with Crippen LogP contribution < -0.4 is 10.6 Å². The van der Waals surface area contributed by atoms with Crippen LogP contribution in [0.2, 0.25) is 0 Å². The molecule has 1 aromatic rings. The molecule has 1 aromatic carbocycles. The lowest BCUT2D eigenvalue weighted by atomic mass is 10.0. The van der Waals surface area contributed by atoms with Gasteiger partial charge in [0.2, 0.25) is 0 Å². The van der Waals surface area contributed by atoms with Gasteiger partial charge in [-0.05, 0) is 30.4 Å². The van der Waals surface area contributed by atoms with Gasteiger partial charge in [-0.3, -0.25) is 0 Å². The molecule has 0 saturated carbocycles. The fourth-order valence-electron chi connectivity index (χ4n) is 2.52. The number of hydrogen-bond acceptors (Lipinski definition) is 3. The fraction of sp³-hybridized carbons (Fsp3) is 0.625. The second kappa shape index (κ2) is 7.51. The summed E-state index contributed by atoms with van der Waals surface area (Å²) in [5, 5.41) is 6.98. The van der Waals surface area contributed by atoms with Crippen molar-refractivity contribution in [2.45, 2.75) is 38.7 Å². The second-order valence-electron chi connectivity index (χ2n) is 5.51. The van der Waals surface area contributed by atoms with Crippen molar-refractivity contribution in [3.8, 4) is 0 Å². The molecule has 1 fully saturated rings. The lowest BCUT2D eigenvalue weighted by molar-refractivity contribution is 0.110. The van der Waals surface area contributed by atoms with E-state index in [4.69, 9.17) is 4.74 Å². The van der Waals surface area contributed by atoms with Crippen LogP contribution in [-0.4, -0.2) is 32.3 Å². The average molecular weight is 262 g/mol. The third-order valence-corrected chi connectivity index (χ3v) is 3.60. The van der Waals surface area contributed by atoms with Gasteiger partial charge < -0.3 is 15.4 Å². The van der Waals surface area contributed by atoms with E-state index in [0.717, 1.165) is 26.2 Å². The van der Waals surface area contributed by atoms with Gasteiger partial charge in [-0.2, -0.15) is 0 Å². The highest BCUT2D eigenvalue weighted by Crippen LogP contribution is 2.23. The number of benzene rings is 1. The molecule has 1 unspecified atom stereocenters. The van der Waals surface area contributed by atoms with Crippen molar-refractivity contribution in [3.05, 3.63) is 29.8 Å². The molecule has 0 aromatic heterocycles. The van der Waals surface area contributed by atoms with Gasteiger partial charge >= 0.3 is 0 Å². The van der Waals surface area contributed by atoms with Crippen molar-refractivity contribution >= 4 is 5.69 Å². The summed E-state index contributed by atoms with van der Waals surface area (Å²) in [6.07, 6.45) is 2.85. The number of para-hydroxylation sites is 1. The van der Waals surface area contributed by atoms with Crippen LogP contribution in [0.4, 0.5) is 5.69 Å². The van der Waals surface area contributed by atoms with Gasteiger partial charge in [0.25, 0.3) is 0 Å². The quantitative estimate of drug-likeness (QED) is 0.741. The molecule has 2 N–H and O–H groups in total. The molecule has 1 atom stereocenters. The first kappa shape index (κ1) is 14.4. The van der Waals surface area contributed by atoms with Crippen LogP contribution in [-0.2, 0) is 4.74 Å². The maximum absolute atomic E-state index is 5.59. The Morgan fingerprint density at radius 3 is 2.84 bits per heavy atom. The predicted octanol–water partition coefficient (Wildman–Crippen LogP) is 2.99. The van der Waals surface area contributed by atoms with Crippen molar-refractivity contribution in [3.63, 3.8) is 0 Å². The van der Waals surface area contributed by atoms with Gasteiger partial charge in [-0.1, -0.05) is 32.0 Å². The summed E-state index contributed by atoms with van der Waals surface area (Å²) in [6, 6.07) is 8.56. The minimum Gasteiger partial charge on any atom is -0.384 e. The monoisotopic (exact) mass is 262 g/mol. The van der Waals surface area contributed by atoms with E-state index in [2.05, 4.69) is 48.7 Å². The minimum absolute atomic E-state index is 0.433. The Morgan fingerprint density at radius 1 is 1.26 bits per heavy atom.